The summed E-state index contributed by atoms with van der Waals surface area (Å²) in [5, 5.41) is 34.5. The van der Waals surface area contributed by atoms with Crippen LogP contribution < -0.4 is 9.80 Å². The Hall–Kier alpha value is -4.98. The van der Waals surface area contributed by atoms with Crippen molar-refractivity contribution in [3.8, 4) is 5.75 Å². The quantitative estimate of drug-likeness (QED) is 0.150. The number of fused-ring (bicyclic) bond motifs is 3. The van der Waals surface area contributed by atoms with Crippen LogP contribution in [0.15, 0.2) is 57.6 Å². The number of rotatable bonds is 5. The number of carbonyl (C=O) groups excluding carboxylic acids is 4. The van der Waals surface area contributed by atoms with Crippen LogP contribution in [0.5, 0.6) is 5.75 Å². The molecule has 2 aromatic carbocycles. The predicted molar refractivity (Wildman–Crippen MR) is 169 cm³/mol. The largest absolute Gasteiger partial charge is 0.507 e. The van der Waals surface area contributed by atoms with E-state index in [2.05, 4.69) is 15.9 Å². The second-order valence-electron chi connectivity index (χ2n) is 12.2. The minimum atomic E-state index is -0.998. The first-order valence-electron chi connectivity index (χ1n) is 14.3. The van der Waals surface area contributed by atoms with Gasteiger partial charge in [0, 0.05) is 49.4 Å². The second kappa shape index (κ2) is 10.8. The van der Waals surface area contributed by atoms with Gasteiger partial charge in [-0.1, -0.05) is 23.8 Å². The van der Waals surface area contributed by atoms with E-state index in [-0.39, 0.29) is 51.4 Å². The molecular formula is C32H27BrN4O9. The van der Waals surface area contributed by atoms with Crippen molar-refractivity contribution in [2.45, 2.75) is 32.6 Å². The third kappa shape index (κ3) is 4.49. The van der Waals surface area contributed by atoms with Gasteiger partial charge in [-0.2, -0.15) is 0 Å². The second-order valence-corrected chi connectivity index (χ2v) is 13.0. The Morgan fingerprint density at radius 2 is 1.52 bits per heavy atom. The van der Waals surface area contributed by atoms with Crippen LogP contribution in [0.1, 0.15) is 35.4 Å². The predicted octanol–water partition coefficient (Wildman–Crippen LogP) is 4.86. The average molecular weight is 691 g/mol. The molecule has 6 rings (SSSR count). The number of benzene rings is 2. The van der Waals surface area contributed by atoms with Crippen molar-refractivity contribution in [2.24, 2.45) is 17.8 Å². The summed E-state index contributed by atoms with van der Waals surface area (Å²) in [4.78, 5) is 79.5. The molecule has 13 nitrogen and oxygen atoms in total. The van der Waals surface area contributed by atoms with Crippen LogP contribution in [0.25, 0.3) is 0 Å². The molecule has 14 heteroatoms. The molecule has 0 radical (unpaired) electrons. The van der Waals surface area contributed by atoms with Crippen LogP contribution >= 0.6 is 15.9 Å². The number of hydrogen-bond acceptors (Lipinski definition) is 10. The van der Waals surface area contributed by atoms with E-state index in [4.69, 9.17) is 0 Å². The van der Waals surface area contributed by atoms with Gasteiger partial charge in [0.05, 0.1) is 31.9 Å². The highest BCUT2D eigenvalue weighted by molar-refractivity contribution is 9.12. The number of imide groups is 1. The molecule has 3 aliphatic carbocycles. The molecule has 4 atom stereocenters. The van der Waals surface area contributed by atoms with Gasteiger partial charge < -0.3 is 10.0 Å². The standard InChI is InChI=1S/C32H27BrN4O9/c1-13-7-15(8-14(2)29(13)39)25-17-5-6-18-26(19(17)11-20-27(25)24(38)12-21(33)30(20)40)32(42)35(31(18)41)16-9-22(36(43)44)28(34(3)4)23(10-16)37(45)46/h5,7-10,12,18-19,25-26,39H,6,11H2,1-4H3/t18-,19+,25-,26-/m0/s1. The zero-order chi connectivity index (χ0) is 33.5. The van der Waals surface area contributed by atoms with Gasteiger partial charge in [-0.3, -0.25) is 39.4 Å². The van der Waals surface area contributed by atoms with Gasteiger partial charge in [0.25, 0.3) is 0 Å². The number of nitro groups is 2. The molecule has 1 heterocycles. The maximum absolute atomic E-state index is 14.3. The Labute approximate surface area is 270 Å². The first kappa shape index (κ1) is 31.0. The molecule has 236 valence electrons. The van der Waals surface area contributed by atoms with Crippen LogP contribution in [0, 0.1) is 51.8 Å². The number of anilines is 2. The third-order valence-corrected chi connectivity index (χ3v) is 9.92. The number of aryl methyl sites for hydroxylation is 2. The fourth-order valence-corrected chi connectivity index (χ4v) is 7.90. The summed E-state index contributed by atoms with van der Waals surface area (Å²) in [6.07, 6.45) is 3.14. The number of ketones is 2. The summed E-state index contributed by atoms with van der Waals surface area (Å²) >= 11 is 3.19. The average Bonchev–Trinajstić information content (AvgIpc) is 3.25. The normalized spacial score (nSPS) is 23.9. The van der Waals surface area contributed by atoms with Gasteiger partial charge >= 0.3 is 11.4 Å². The lowest BCUT2D eigenvalue weighted by molar-refractivity contribution is -0.392. The van der Waals surface area contributed by atoms with Crippen LogP contribution in [0.3, 0.4) is 0 Å². The van der Waals surface area contributed by atoms with Gasteiger partial charge in [0.2, 0.25) is 11.8 Å². The lowest BCUT2D eigenvalue weighted by Gasteiger charge is -2.42. The number of aromatic hydroxyl groups is 1. The Kier molecular flexibility index (Phi) is 7.30. The lowest BCUT2D eigenvalue weighted by Crippen LogP contribution is -2.39. The summed E-state index contributed by atoms with van der Waals surface area (Å²) in [5.74, 6) is -5.37. The number of phenols is 1. The van der Waals surface area contributed by atoms with Crippen LogP contribution in [0.4, 0.5) is 22.7 Å². The van der Waals surface area contributed by atoms with Gasteiger partial charge in [-0.25, -0.2) is 4.90 Å². The number of allylic oxidation sites excluding steroid dienone is 6. The summed E-state index contributed by atoms with van der Waals surface area (Å²) in [5.41, 5.74) is 1.07. The van der Waals surface area contributed by atoms with Gasteiger partial charge in [-0.05, 0) is 65.2 Å². The fourth-order valence-electron chi connectivity index (χ4n) is 7.45. The maximum Gasteiger partial charge on any atom is 0.301 e. The zero-order valence-corrected chi connectivity index (χ0v) is 26.7. The van der Waals surface area contributed by atoms with Crippen LogP contribution in [0.2, 0.25) is 0 Å². The molecule has 1 saturated heterocycles. The zero-order valence-electron chi connectivity index (χ0n) is 25.1. The molecule has 1 aliphatic heterocycles. The number of carbonyl (C=O) groups is 4. The first-order chi connectivity index (χ1) is 21.6. The molecule has 0 aromatic heterocycles. The number of amides is 2. The van der Waals surface area contributed by atoms with E-state index in [1.54, 1.807) is 26.0 Å². The highest BCUT2D eigenvalue weighted by atomic mass is 79.9. The van der Waals surface area contributed by atoms with Crippen molar-refractivity contribution < 1.29 is 34.1 Å². The van der Waals surface area contributed by atoms with Crippen LogP contribution in [-0.2, 0) is 19.2 Å². The smallest absolute Gasteiger partial charge is 0.301 e. The van der Waals surface area contributed by atoms with Gasteiger partial charge in [-0.15, -0.1) is 0 Å². The van der Waals surface area contributed by atoms with E-state index in [0.29, 0.717) is 22.3 Å². The molecule has 0 bridgehead atoms. The van der Waals surface area contributed by atoms with E-state index in [9.17, 15) is 44.5 Å². The number of nitrogens with zero attached hydrogens (tertiary/aromatic N) is 4. The Balaban J connectivity index is 1.50. The van der Waals surface area contributed by atoms with E-state index in [1.165, 1.54) is 25.1 Å². The van der Waals surface area contributed by atoms with E-state index >= 15 is 0 Å². The van der Waals surface area contributed by atoms with Crippen LogP contribution in [-0.4, -0.2) is 52.4 Å². The van der Waals surface area contributed by atoms with Crippen molar-refractivity contribution in [3.63, 3.8) is 0 Å². The monoisotopic (exact) mass is 690 g/mol. The molecule has 0 unspecified atom stereocenters. The first-order valence-corrected chi connectivity index (χ1v) is 15.1. The molecule has 2 aromatic rings. The Bertz CT molecular complexity index is 1880. The third-order valence-electron chi connectivity index (χ3n) is 9.33. The van der Waals surface area contributed by atoms with E-state index in [0.717, 1.165) is 17.0 Å². The Morgan fingerprint density at radius 1 is 0.935 bits per heavy atom. The summed E-state index contributed by atoms with van der Waals surface area (Å²) in [6.45, 7) is 3.43. The molecule has 4 aliphatic rings. The molecular weight excluding hydrogens is 664 g/mol. The summed E-state index contributed by atoms with van der Waals surface area (Å²) in [6, 6.07) is 5.44. The van der Waals surface area contributed by atoms with Crippen molar-refractivity contribution in [1.82, 2.24) is 0 Å². The molecule has 1 fully saturated rings. The van der Waals surface area contributed by atoms with Crippen molar-refractivity contribution in [1.29, 1.82) is 0 Å². The molecule has 2 amide bonds. The minimum absolute atomic E-state index is 0.00484. The molecule has 0 saturated carbocycles. The number of nitro benzene ring substituents is 2. The fraction of sp³-hybridized carbons (Fsp3) is 0.312. The summed E-state index contributed by atoms with van der Waals surface area (Å²) in [7, 11) is 2.82. The topological polar surface area (TPSA) is 181 Å². The highest BCUT2D eigenvalue weighted by Crippen LogP contribution is 2.56. The van der Waals surface area contributed by atoms with Crippen molar-refractivity contribution >= 4 is 62.1 Å². The maximum atomic E-state index is 14.3. The molecule has 46 heavy (non-hydrogen) atoms. The number of hydrogen-bond donors (Lipinski definition) is 1. The van der Waals surface area contributed by atoms with Crippen molar-refractivity contribution in [2.75, 3.05) is 23.9 Å². The van der Waals surface area contributed by atoms with E-state index < -0.39 is 62.5 Å². The highest BCUT2D eigenvalue weighted by Gasteiger charge is 2.57. The number of phenolic OH excluding ortho intramolecular Hbond substituents is 1. The minimum Gasteiger partial charge on any atom is -0.507 e. The van der Waals surface area contributed by atoms with Gasteiger partial charge in [0.1, 0.15) is 5.75 Å². The summed E-state index contributed by atoms with van der Waals surface area (Å²) < 4.78 is 0.0731. The van der Waals surface area contributed by atoms with Gasteiger partial charge in [0.15, 0.2) is 17.3 Å². The SMILES string of the molecule is Cc1cc([C@H]2C3=CC[C@@H]4C(=O)N(c5cc([N+](=O)[O-])c(N(C)C)c([N+](=O)[O-])c5)C(=O)[C@@H]4[C@@H]3CC3=C2C(=O)C=C(Br)C3=O)cc(C)c1O. The molecule has 1 N–H and O–H groups in total. The van der Waals surface area contributed by atoms with Crippen molar-refractivity contribution in [3.05, 3.63) is 94.5 Å². The Morgan fingerprint density at radius 3 is 2.07 bits per heavy atom. The van der Waals surface area contributed by atoms with E-state index in [1.807, 2.05) is 6.08 Å². The number of Topliss-reactive ketones (excluding diaryl/α,β-unsaturated/α-hetero) is 1. The lowest BCUT2D eigenvalue weighted by atomic mass is 9.59. The number of halogens is 1. The molecule has 0 spiro atoms.